The number of nitrogens with zero attached hydrogens (tertiary/aromatic N) is 3. The highest BCUT2D eigenvalue weighted by atomic mass is 19.1. The quantitative estimate of drug-likeness (QED) is 0.358. The predicted octanol–water partition coefficient (Wildman–Crippen LogP) is 4.42. The van der Waals surface area contributed by atoms with Gasteiger partial charge in [-0.25, -0.2) is 4.39 Å². The Morgan fingerprint density at radius 1 is 1.12 bits per heavy atom. The van der Waals surface area contributed by atoms with E-state index in [1.54, 1.807) is 43.1 Å². The number of aryl methyl sites for hydroxylation is 1. The minimum Gasteiger partial charge on any atom is -0.497 e. The molecule has 0 bridgehead atoms. The molecule has 1 saturated carbocycles. The number of rotatable bonds is 8. The van der Waals surface area contributed by atoms with Gasteiger partial charge in [-0.3, -0.25) is 9.59 Å². The Labute approximate surface area is 233 Å². The summed E-state index contributed by atoms with van der Waals surface area (Å²) in [4.78, 5) is 28.7. The molecule has 4 aromatic rings. The van der Waals surface area contributed by atoms with E-state index in [-0.39, 0.29) is 35.2 Å². The van der Waals surface area contributed by atoms with Gasteiger partial charge in [0.2, 0.25) is 5.91 Å². The molecule has 1 aliphatic heterocycles. The van der Waals surface area contributed by atoms with Crippen molar-refractivity contribution >= 4 is 16.8 Å². The number of pyridine rings is 1. The number of carbonyl (C=O) groups excluding carboxylic acids is 1. The van der Waals surface area contributed by atoms with Crippen molar-refractivity contribution in [2.24, 2.45) is 13.0 Å². The van der Waals surface area contributed by atoms with Crippen LogP contribution in [0.25, 0.3) is 10.9 Å². The predicted molar refractivity (Wildman–Crippen MR) is 153 cm³/mol. The lowest BCUT2D eigenvalue weighted by Crippen LogP contribution is -2.47. The zero-order valence-corrected chi connectivity index (χ0v) is 23.0. The second kappa shape index (κ2) is 10.9. The molecule has 2 aliphatic rings. The molecule has 2 atom stereocenters. The third-order valence-electron chi connectivity index (χ3n) is 8.38. The molecule has 0 radical (unpaired) electrons. The normalized spacial score (nSPS) is 19.1. The van der Waals surface area contributed by atoms with E-state index in [9.17, 15) is 14.0 Å². The van der Waals surface area contributed by atoms with Crippen LogP contribution in [-0.4, -0.2) is 46.2 Å². The van der Waals surface area contributed by atoms with Gasteiger partial charge in [-0.05, 0) is 78.7 Å². The van der Waals surface area contributed by atoms with Crippen LogP contribution in [0.4, 0.5) is 4.39 Å². The highest BCUT2D eigenvalue weighted by Gasteiger charge is 2.40. The summed E-state index contributed by atoms with van der Waals surface area (Å²) in [7, 11) is 3.39. The number of fused-ring (bicyclic) bond motifs is 1. The van der Waals surface area contributed by atoms with E-state index in [2.05, 4.69) is 21.0 Å². The molecular weight excluding hydrogens is 507 g/mol. The molecule has 1 N–H and O–H groups in total. The summed E-state index contributed by atoms with van der Waals surface area (Å²) in [5.74, 6) is 0.395. The van der Waals surface area contributed by atoms with E-state index in [0.717, 1.165) is 59.2 Å². The zero-order chi connectivity index (χ0) is 27.8. The maximum Gasteiger partial charge on any atom is 0.250 e. The molecule has 6 rings (SSSR count). The summed E-state index contributed by atoms with van der Waals surface area (Å²) >= 11 is 0. The van der Waals surface area contributed by atoms with Gasteiger partial charge in [-0.15, -0.1) is 0 Å². The average Bonchev–Trinajstić information content (AvgIpc) is 3.76. The fourth-order valence-corrected chi connectivity index (χ4v) is 6.04. The Balaban J connectivity index is 1.33. The highest BCUT2D eigenvalue weighted by molar-refractivity contribution is 5.87. The van der Waals surface area contributed by atoms with E-state index >= 15 is 0 Å². The van der Waals surface area contributed by atoms with Crippen LogP contribution >= 0.6 is 0 Å². The van der Waals surface area contributed by atoms with Crippen molar-refractivity contribution < 1.29 is 13.9 Å². The van der Waals surface area contributed by atoms with Crippen LogP contribution in [-0.2, 0) is 24.9 Å². The lowest BCUT2D eigenvalue weighted by atomic mass is 9.80. The fraction of sp³-hybridized carbons (Fsp3) is 0.375. The van der Waals surface area contributed by atoms with Crippen molar-refractivity contribution in [2.75, 3.05) is 20.2 Å². The van der Waals surface area contributed by atoms with Crippen molar-refractivity contribution in [3.05, 3.63) is 99.9 Å². The topological polar surface area (TPSA) is 68.5 Å². The van der Waals surface area contributed by atoms with Gasteiger partial charge in [0.1, 0.15) is 11.6 Å². The van der Waals surface area contributed by atoms with Crippen LogP contribution in [0.15, 0.2) is 71.8 Å². The third-order valence-corrected chi connectivity index (χ3v) is 8.38. The Kier molecular flexibility index (Phi) is 7.19. The first-order valence-corrected chi connectivity index (χ1v) is 14.0. The van der Waals surface area contributed by atoms with E-state index < -0.39 is 0 Å². The number of hydrogen-bond donors (Lipinski definition) is 1. The van der Waals surface area contributed by atoms with Crippen LogP contribution in [0.3, 0.4) is 0 Å². The average molecular weight is 543 g/mol. The van der Waals surface area contributed by atoms with Crippen molar-refractivity contribution in [1.29, 1.82) is 0 Å². The Bertz CT molecular complexity index is 1610. The molecular formula is C32H35FN4O3. The minimum absolute atomic E-state index is 0.00230. The Hall–Kier alpha value is -3.91. The maximum absolute atomic E-state index is 14.2. The summed E-state index contributed by atoms with van der Waals surface area (Å²) in [5, 5.41) is 4.47. The first kappa shape index (κ1) is 26.3. The molecule has 1 unspecified atom stereocenters. The highest BCUT2D eigenvalue weighted by Crippen LogP contribution is 2.37. The minimum atomic E-state index is -0.260. The monoisotopic (exact) mass is 542 g/mol. The van der Waals surface area contributed by atoms with E-state index in [0.29, 0.717) is 19.6 Å². The van der Waals surface area contributed by atoms with E-state index in [1.165, 1.54) is 6.07 Å². The second-order valence-corrected chi connectivity index (χ2v) is 11.1. The lowest BCUT2D eigenvalue weighted by molar-refractivity contribution is -0.138. The molecule has 40 heavy (non-hydrogen) atoms. The molecule has 2 aromatic carbocycles. The maximum atomic E-state index is 14.2. The number of carbonyl (C=O) groups is 1. The van der Waals surface area contributed by atoms with Gasteiger partial charge >= 0.3 is 0 Å². The molecule has 1 saturated heterocycles. The largest absolute Gasteiger partial charge is 0.497 e. The lowest BCUT2D eigenvalue weighted by Gasteiger charge is -2.35. The van der Waals surface area contributed by atoms with E-state index in [1.807, 2.05) is 30.3 Å². The molecule has 0 spiro atoms. The number of halogens is 1. The number of nitrogens with one attached hydrogen (secondary N) is 1. The van der Waals surface area contributed by atoms with Crippen LogP contribution < -0.4 is 15.6 Å². The van der Waals surface area contributed by atoms with Crippen molar-refractivity contribution in [1.82, 2.24) is 19.4 Å². The molecule has 2 aromatic heterocycles. The summed E-state index contributed by atoms with van der Waals surface area (Å²) in [5.41, 5.74) is 3.80. The smallest absolute Gasteiger partial charge is 0.250 e. The number of methoxy groups -OCH3 is 1. The molecule has 7 nitrogen and oxygen atoms in total. The number of hydrogen-bond acceptors (Lipinski definition) is 4. The zero-order valence-electron chi connectivity index (χ0n) is 23.0. The van der Waals surface area contributed by atoms with Gasteiger partial charge < -0.3 is 24.1 Å². The number of aromatic nitrogens is 2. The fourth-order valence-electron chi connectivity index (χ4n) is 6.04. The summed E-state index contributed by atoms with van der Waals surface area (Å²) < 4.78 is 23.1. The molecule has 208 valence electrons. The third kappa shape index (κ3) is 5.28. The second-order valence-electron chi connectivity index (χ2n) is 11.1. The van der Waals surface area contributed by atoms with Crippen molar-refractivity contribution in [2.45, 2.75) is 44.3 Å². The number of benzene rings is 2. The standard InChI is InChI=1S/C32H35FN4O3/c1-35-13-11-22(15-31(35)38)27-10-12-34-17-29(27)32(39)37(25-6-7-25)20-23-19-36(18-21-4-3-5-24(33)14-21)30-16-26(40-2)8-9-28(23)30/h3-5,8-9,11,13-16,19,25,27,29,34H,6-7,10,12,17-18,20H2,1-2H3/t27?,29-/m0/s1. The summed E-state index contributed by atoms with van der Waals surface area (Å²) in [6.45, 7) is 2.43. The number of amides is 1. The van der Waals surface area contributed by atoms with Crippen LogP contribution in [0, 0.1) is 11.7 Å². The van der Waals surface area contributed by atoms with Crippen molar-refractivity contribution in [3.63, 3.8) is 0 Å². The van der Waals surface area contributed by atoms with E-state index in [4.69, 9.17) is 4.74 Å². The SMILES string of the molecule is COc1ccc2c(CN(C(=O)[C@H]3CNCCC3c3ccn(C)c(=O)c3)C3CC3)cn(Cc3cccc(F)c3)c2c1. The molecule has 2 fully saturated rings. The van der Waals surface area contributed by atoms with Gasteiger partial charge in [0.15, 0.2) is 0 Å². The van der Waals surface area contributed by atoms with Crippen molar-refractivity contribution in [3.8, 4) is 5.75 Å². The number of ether oxygens (including phenoxy) is 1. The molecule has 8 heteroatoms. The summed E-state index contributed by atoms with van der Waals surface area (Å²) in [6.07, 6.45) is 6.70. The van der Waals surface area contributed by atoms with Crippen LogP contribution in [0.1, 0.15) is 41.9 Å². The van der Waals surface area contributed by atoms with Crippen LogP contribution in [0.5, 0.6) is 5.75 Å². The van der Waals surface area contributed by atoms with Gasteiger partial charge in [-0.2, -0.15) is 0 Å². The Morgan fingerprint density at radius 3 is 2.73 bits per heavy atom. The molecule has 1 aliphatic carbocycles. The van der Waals surface area contributed by atoms with Gasteiger partial charge in [-0.1, -0.05) is 12.1 Å². The first-order valence-electron chi connectivity index (χ1n) is 14.0. The van der Waals surface area contributed by atoms with Crippen LogP contribution in [0.2, 0.25) is 0 Å². The van der Waals surface area contributed by atoms with Gasteiger partial charge in [0.25, 0.3) is 5.56 Å². The summed E-state index contributed by atoms with van der Waals surface area (Å²) in [6, 6.07) is 16.5. The first-order chi connectivity index (χ1) is 19.4. The van der Waals surface area contributed by atoms with Gasteiger partial charge in [0.05, 0.1) is 18.5 Å². The number of piperidine rings is 1. The Morgan fingerprint density at radius 2 is 1.98 bits per heavy atom. The molecule has 1 amide bonds. The van der Waals surface area contributed by atoms with Gasteiger partial charge in [0, 0.05) is 62.6 Å². The molecule has 3 heterocycles.